The van der Waals surface area contributed by atoms with Gasteiger partial charge >= 0.3 is 0 Å². The number of aliphatic hydroxyl groups excluding tert-OH is 1. The molecule has 0 spiro atoms. The fraction of sp³-hybridized carbons (Fsp3) is 0.379. The molecule has 1 aliphatic rings. The van der Waals surface area contributed by atoms with Crippen molar-refractivity contribution >= 4 is 15.7 Å². The molecule has 2 atom stereocenters. The molecule has 0 bridgehead atoms. The van der Waals surface area contributed by atoms with E-state index in [1.165, 1.54) is 11.1 Å². The molecule has 204 valence electrons. The van der Waals surface area contributed by atoms with Gasteiger partial charge in [-0.15, -0.1) is 0 Å². The Morgan fingerprint density at radius 2 is 1.79 bits per heavy atom. The number of hydrogen-bond acceptors (Lipinski definition) is 7. The fourth-order valence-electron chi connectivity index (χ4n) is 4.56. The Morgan fingerprint density at radius 3 is 2.55 bits per heavy atom. The minimum atomic E-state index is -3.53. The van der Waals surface area contributed by atoms with Crippen molar-refractivity contribution in [3.05, 3.63) is 83.4 Å². The average Bonchev–Trinajstić information content (AvgIpc) is 2.90. The molecule has 3 N–H and O–H groups in total. The van der Waals surface area contributed by atoms with Crippen LogP contribution in [0.3, 0.4) is 0 Å². The summed E-state index contributed by atoms with van der Waals surface area (Å²) in [6, 6.07) is 20.8. The van der Waals surface area contributed by atoms with Gasteiger partial charge in [0, 0.05) is 12.6 Å². The van der Waals surface area contributed by atoms with Gasteiger partial charge in [-0.25, -0.2) is 8.42 Å². The van der Waals surface area contributed by atoms with Gasteiger partial charge in [0.05, 0.1) is 19.1 Å². The normalized spacial score (nSPS) is 15.8. The zero-order valence-corrected chi connectivity index (χ0v) is 22.7. The van der Waals surface area contributed by atoms with Crippen LogP contribution in [0.5, 0.6) is 17.2 Å². The summed E-state index contributed by atoms with van der Waals surface area (Å²) in [4.78, 5) is 0. The van der Waals surface area contributed by atoms with Gasteiger partial charge in [0.1, 0.15) is 36.6 Å². The number of rotatable bonds is 13. The number of aryl methyl sites for hydroxylation is 1. The number of sulfonamides is 1. The van der Waals surface area contributed by atoms with Crippen molar-refractivity contribution in [3.8, 4) is 17.2 Å². The predicted octanol–water partition coefficient (Wildman–Crippen LogP) is 3.78. The maximum atomic E-state index is 11.9. The van der Waals surface area contributed by atoms with Crippen LogP contribution < -0.4 is 24.2 Å². The molecule has 0 aliphatic heterocycles. The standard InChI is InChI=1S/C29H36N2O6S/c1-35-26-11-10-23-9-8-22(14-24(23)15-26)17-30-18-25(32)20-36-27-12-13-29(28(16-27)31-38(2,33)34)37-19-21-6-4-3-5-7-21/h3-7,10-13,15-16,22,25,30-32H,8-9,14,17-20H2,1-2H3/t22?,25-/m0/s1. The SMILES string of the molecule is COc1ccc2c(c1)CC(CNC[C@H](O)COc1ccc(OCc3ccccc3)c(NS(C)(=O)=O)c1)CC2. The van der Waals surface area contributed by atoms with Gasteiger partial charge in [-0.05, 0) is 72.7 Å². The van der Waals surface area contributed by atoms with Crippen molar-refractivity contribution in [2.24, 2.45) is 5.92 Å². The number of fused-ring (bicyclic) bond motifs is 1. The number of hydrogen-bond donors (Lipinski definition) is 3. The van der Waals surface area contributed by atoms with Gasteiger partial charge in [0.15, 0.2) is 0 Å². The topological polar surface area (TPSA) is 106 Å². The predicted molar refractivity (Wildman–Crippen MR) is 149 cm³/mol. The highest BCUT2D eigenvalue weighted by atomic mass is 32.2. The smallest absolute Gasteiger partial charge is 0.229 e. The molecular weight excluding hydrogens is 504 g/mol. The molecule has 8 nitrogen and oxygen atoms in total. The highest BCUT2D eigenvalue weighted by Gasteiger charge is 2.19. The minimum absolute atomic E-state index is 0.0697. The highest BCUT2D eigenvalue weighted by molar-refractivity contribution is 7.92. The quantitative estimate of drug-likeness (QED) is 0.303. The van der Waals surface area contributed by atoms with Crippen molar-refractivity contribution in [3.63, 3.8) is 0 Å². The van der Waals surface area contributed by atoms with E-state index in [2.05, 4.69) is 22.2 Å². The van der Waals surface area contributed by atoms with E-state index < -0.39 is 16.1 Å². The Kier molecular flexibility index (Phi) is 9.49. The molecular formula is C29H36N2O6S. The summed E-state index contributed by atoms with van der Waals surface area (Å²) >= 11 is 0. The van der Waals surface area contributed by atoms with Gasteiger partial charge in [-0.3, -0.25) is 4.72 Å². The highest BCUT2D eigenvalue weighted by Crippen LogP contribution is 2.31. The lowest BCUT2D eigenvalue weighted by Gasteiger charge is -2.25. The van der Waals surface area contributed by atoms with Crippen molar-refractivity contribution in [1.29, 1.82) is 0 Å². The van der Waals surface area contributed by atoms with E-state index in [1.807, 2.05) is 36.4 Å². The molecule has 9 heteroatoms. The molecule has 0 heterocycles. The lowest BCUT2D eigenvalue weighted by Crippen LogP contribution is -2.35. The minimum Gasteiger partial charge on any atom is -0.497 e. The van der Waals surface area contributed by atoms with E-state index >= 15 is 0 Å². The zero-order valence-electron chi connectivity index (χ0n) is 21.9. The molecule has 0 fully saturated rings. The van der Waals surface area contributed by atoms with E-state index in [0.29, 0.717) is 30.6 Å². The van der Waals surface area contributed by atoms with Crippen LogP contribution in [0, 0.1) is 5.92 Å². The summed E-state index contributed by atoms with van der Waals surface area (Å²) in [5, 5.41) is 13.8. The first kappa shape index (κ1) is 27.8. The van der Waals surface area contributed by atoms with Crippen LogP contribution in [0.1, 0.15) is 23.1 Å². The maximum absolute atomic E-state index is 11.9. The van der Waals surface area contributed by atoms with Gasteiger partial charge in [-0.1, -0.05) is 36.4 Å². The van der Waals surface area contributed by atoms with Gasteiger partial charge in [0.2, 0.25) is 10.0 Å². The Bertz CT molecular complexity index is 1300. The van der Waals surface area contributed by atoms with Crippen LogP contribution in [-0.4, -0.2) is 52.7 Å². The molecule has 3 aromatic rings. The van der Waals surface area contributed by atoms with Crippen LogP contribution >= 0.6 is 0 Å². The molecule has 38 heavy (non-hydrogen) atoms. The third-order valence-electron chi connectivity index (χ3n) is 6.48. The molecule has 1 aliphatic carbocycles. The van der Waals surface area contributed by atoms with Crippen molar-refractivity contribution in [2.45, 2.75) is 32.0 Å². The number of aliphatic hydroxyl groups is 1. The van der Waals surface area contributed by atoms with E-state index in [-0.39, 0.29) is 12.3 Å². The lowest BCUT2D eigenvalue weighted by molar-refractivity contribution is 0.105. The van der Waals surface area contributed by atoms with Crippen LogP contribution in [0.25, 0.3) is 0 Å². The zero-order chi connectivity index (χ0) is 27.0. The van der Waals surface area contributed by atoms with Crippen molar-refractivity contribution in [1.82, 2.24) is 5.32 Å². The first-order valence-corrected chi connectivity index (χ1v) is 14.6. The summed E-state index contributed by atoms with van der Waals surface area (Å²) in [5.74, 6) is 2.20. The Balaban J connectivity index is 1.26. The molecule has 0 amide bonds. The van der Waals surface area contributed by atoms with Crippen LogP contribution in [0.2, 0.25) is 0 Å². The van der Waals surface area contributed by atoms with E-state index in [4.69, 9.17) is 14.2 Å². The van der Waals surface area contributed by atoms with E-state index in [0.717, 1.165) is 43.4 Å². The fourth-order valence-corrected chi connectivity index (χ4v) is 5.11. The molecule has 0 saturated heterocycles. The number of methoxy groups -OCH3 is 1. The third kappa shape index (κ3) is 8.37. The summed E-state index contributed by atoms with van der Waals surface area (Å²) in [7, 11) is -1.84. The molecule has 1 unspecified atom stereocenters. The number of nitrogens with one attached hydrogen (secondary N) is 2. The van der Waals surface area contributed by atoms with Crippen LogP contribution in [-0.2, 0) is 29.5 Å². The van der Waals surface area contributed by atoms with Crippen LogP contribution in [0.15, 0.2) is 66.7 Å². The Hall–Kier alpha value is -3.27. The molecule has 4 rings (SSSR count). The van der Waals surface area contributed by atoms with Crippen molar-refractivity contribution in [2.75, 3.05) is 37.8 Å². The summed E-state index contributed by atoms with van der Waals surface area (Å²) in [5.41, 5.74) is 3.96. The summed E-state index contributed by atoms with van der Waals surface area (Å²) in [6.45, 7) is 1.57. The van der Waals surface area contributed by atoms with Gasteiger partial charge in [-0.2, -0.15) is 0 Å². The second-order valence-corrected chi connectivity index (χ2v) is 11.4. The second-order valence-electron chi connectivity index (χ2n) is 9.67. The van der Waals surface area contributed by atoms with E-state index in [1.54, 1.807) is 25.3 Å². The molecule has 0 radical (unpaired) electrons. The van der Waals surface area contributed by atoms with Crippen LogP contribution in [0.4, 0.5) is 5.69 Å². The third-order valence-corrected chi connectivity index (χ3v) is 7.07. The summed E-state index contributed by atoms with van der Waals surface area (Å²) < 4.78 is 43.2. The molecule has 3 aromatic carbocycles. The number of anilines is 1. The van der Waals surface area contributed by atoms with Gasteiger partial charge < -0.3 is 24.6 Å². The van der Waals surface area contributed by atoms with Gasteiger partial charge in [0.25, 0.3) is 0 Å². The largest absolute Gasteiger partial charge is 0.497 e. The lowest BCUT2D eigenvalue weighted by atomic mass is 9.84. The maximum Gasteiger partial charge on any atom is 0.229 e. The molecule has 0 aromatic heterocycles. The molecule has 0 saturated carbocycles. The first-order valence-electron chi connectivity index (χ1n) is 12.7. The summed E-state index contributed by atoms with van der Waals surface area (Å²) in [6.07, 6.45) is 3.51. The van der Waals surface area contributed by atoms with Crippen molar-refractivity contribution < 1.29 is 27.7 Å². The average molecular weight is 541 g/mol. The second kappa shape index (κ2) is 13.0. The first-order chi connectivity index (χ1) is 18.3. The Morgan fingerprint density at radius 1 is 1.00 bits per heavy atom. The monoisotopic (exact) mass is 540 g/mol. The van der Waals surface area contributed by atoms with E-state index in [9.17, 15) is 13.5 Å². The number of ether oxygens (including phenoxy) is 3. The Labute approximate surface area is 225 Å². The number of benzene rings is 3.